The first-order valence-electron chi connectivity index (χ1n) is 6.54. The highest BCUT2D eigenvalue weighted by molar-refractivity contribution is 7.21. The van der Waals surface area contributed by atoms with E-state index in [1.54, 1.807) is 6.07 Å². The topological polar surface area (TPSA) is 81.2 Å². The molecule has 0 unspecified atom stereocenters. The van der Waals surface area contributed by atoms with Gasteiger partial charge in [-0.2, -0.15) is 0 Å². The lowest BCUT2D eigenvalue weighted by atomic mass is 10.1. The van der Waals surface area contributed by atoms with Gasteiger partial charge in [0.2, 0.25) is 0 Å². The number of nitrogens with one attached hydrogen (secondary N) is 1. The maximum atomic E-state index is 12.3. The molecule has 0 radical (unpaired) electrons. The molecule has 0 bridgehead atoms. The van der Waals surface area contributed by atoms with Gasteiger partial charge in [-0.3, -0.25) is 4.79 Å². The highest BCUT2D eigenvalue weighted by Crippen LogP contribution is 2.35. The van der Waals surface area contributed by atoms with E-state index in [2.05, 4.69) is 10.5 Å². The van der Waals surface area contributed by atoms with Crippen molar-refractivity contribution in [3.05, 3.63) is 46.2 Å². The smallest absolute Gasteiger partial charge is 0.263 e. The molecule has 3 aromatic rings. The number of aryl methyl sites for hydroxylation is 2. The second kappa shape index (κ2) is 5.21. The molecule has 2 heterocycles. The fourth-order valence-electron chi connectivity index (χ4n) is 2.20. The minimum atomic E-state index is -0.192. The van der Waals surface area contributed by atoms with Crippen LogP contribution in [0.25, 0.3) is 10.1 Å². The number of nitrogen functional groups attached to an aromatic ring is 1. The Bertz CT molecular complexity index is 820. The summed E-state index contributed by atoms with van der Waals surface area (Å²) in [7, 11) is 0. The van der Waals surface area contributed by atoms with E-state index in [0.29, 0.717) is 22.9 Å². The van der Waals surface area contributed by atoms with Crippen molar-refractivity contribution < 1.29 is 9.32 Å². The molecule has 0 spiro atoms. The van der Waals surface area contributed by atoms with E-state index >= 15 is 0 Å². The van der Waals surface area contributed by atoms with Crippen LogP contribution in [0.2, 0.25) is 0 Å². The van der Waals surface area contributed by atoms with Gasteiger partial charge in [0.05, 0.1) is 17.9 Å². The zero-order valence-electron chi connectivity index (χ0n) is 11.8. The molecular weight excluding hydrogens is 286 g/mol. The Balaban J connectivity index is 1.84. The van der Waals surface area contributed by atoms with E-state index in [4.69, 9.17) is 10.3 Å². The average Bonchev–Trinajstić information content (AvgIpc) is 3.02. The van der Waals surface area contributed by atoms with Crippen molar-refractivity contribution in [2.45, 2.75) is 20.4 Å². The fraction of sp³-hybridized carbons (Fsp3) is 0.200. The summed E-state index contributed by atoms with van der Waals surface area (Å²) >= 11 is 1.42. The molecule has 1 amide bonds. The van der Waals surface area contributed by atoms with Crippen molar-refractivity contribution in [2.75, 3.05) is 5.73 Å². The summed E-state index contributed by atoms with van der Waals surface area (Å²) < 4.78 is 6.12. The number of hydrogen-bond acceptors (Lipinski definition) is 5. The Kier molecular flexibility index (Phi) is 3.39. The summed E-state index contributed by atoms with van der Waals surface area (Å²) in [6.07, 6.45) is 0. The zero-order valence-corrected chi connectivity index (χ0v) is 12.6. The van der Waals surface area contributed by atoms with Crippen LogP contribution in [0.3, 0.4) is 0 Å². The molecule has 0 aliphatic heterocycles. The van der Waals surface area contributed by atoms with Crippen molar-refractivity contribution in [3.8, 4) is 0 Å². The van der Waals surface area contributed by atoms with E-state index < -0.39 is 0 Å². The van der Waals surface area contributed by atoms with Gasteiger partial charge < -0.3 is 15.6 Å². The van der Waals surface area contributed by atoms with E-state index in [1.807, 2.05) is 32.0 Å². The van der Waals surface area contributed by atoms with Crippen molar-refractivity contribution in [3.63, 3.8) is 0 Å². The lowest BCUT2D eigenvalue weighted by Gasteiger charge is -2.01. The normalized spacial score (nSPS) is 11.0. The second-order valence-corrected chi connectivity index (χ2v) is 5.93. The summed E-state index contributed by atoms with van der Waals surface area (Å²) in [6, 6.07) is 7.68. The number of aromatic nitrogens is 1. The molecular formula is C15H15N3O2S. The van der Waals surface area contributed by atoms with Crippen LogP contribution >= 0.6 is 11.3 Å². The van der Waals surface area contributed by atoms with Crippen LogP contribution < -0.4 is 11.1 Å². The molecule has 3 rings (SSSR count). The van der Waals surface area contributed by atoms with Crippen LogP contribution in [0.4, 0.5) is 5.69 Å². The lowest BCUT2D eigenvalue weighted by molar-refractivity contribution is 0.0952. The number of benzene rings is 1. The molecule has 0 saturated heterocycles. The van der Waals surface area contributed by atoms with Crippen molar-refractivity contribution >= 4 is 33.0 Å². The van der Waals surface area contributed by atoms with Crippen molar-refractivity contribution in [1.82, 2.24) is 10.5 Å². The molecule has 3 N–H and O–H groups in total. The molecule has 0 aliphatic carbocycles. The number of nitrogens with two attached hydrogens (primary N) is 1. The monoisotopic (exact) mass is 301 g/mol. The number of carbonyl (C=O) groups excluding carboxylic acids is 1. The fourth-order valence-corrected chi connectivity index (χ4v) is 3.30. The third-order valence-corrected chi connectivity index (χ3v) is 4.61. The predicted molar refractivity (Wildman–Crippen MR) is 83.4 cm³/mol. The number of thiophene rings is 1. The Morgan fingerprint density at radius 3 is 2.90 bits per heavy atom. The SMILES string of the molecule is Cc1cc(CNC(=O)c2sc3c(C)cccc3c2N)on1. The predicted octanol–water partition coefficient (Wildman–Crippen LogP) is 3.02. The molecule has 0 atom stereocenters. The van der Waals surface area contributed by atoms with Gasteiger partial charge >= 0.3 is 0 Å². The van der Waals surface area contributed by atoms with Crippen molar-refractivity contribution in [1.29, 1.82) is 0 Å². The molecule has 0 fully saturated rings. The Hall–Kier alpha value is -2.34. The number of nitrogens with zero attached hydrogens (tertiary/aromatic N) is 1. The van der Waals surface area contributed by atoms with Crippen LogP contribution in [0.1, 0.15) is 26.7 Å². The van der Waals surface area contributed by atoms with Gasteiger partial charge in [0.25, 0.3) is 5.91 Å². The summed E-state index contributed by atoms with van der Waals surface area (Å²) in [6.45, 7) is 4.14. The molecule has 0 saturated carbocycles. The maximum absolute atomic E-state index is 12.3. The van der Waals surface area contributed by atoms with Gasteiger partial charge in [-0.15, -0.1) is 11.3 Å². The molecule has 6 heteroatoms. The quantitative estimate of drug-likeness (QED) is 0.779. The highest BCUT2D eigenvalue weighted by atomic mass is 32.1. The first kappa shape index (κ1) is 13.6. The van der Waals surface area contributed by atoms with Crippen LogP contribution in [-0.2, 0) is 6.54 Å². The van der Waals surface area contributed by atoms with Crippen molar-refractivity contribution in [2.24, 2.45) is 0 Å². The van der Waals surface area contributed by atoms with E-state index in [9.17, 15) is 4.79 Å². The summed E-state index contributed by atoms with van der Waals surface area (Å²) in [5, 5.41) is 7.52. The number of fused-ring (bicyclic) bond motifs is 1. The number of anilines is 1. The minimum absolute atomic E-state index is 0.192. The van der Waals surface area contributed by atoms with E-state index in [1.165, 1.54) is 11.3 Å². The number of rotatable bonds is 3. The molecule has 1 aromatic carbocycles. The highest BCUT2D eigenvalue weighted by Gasteiger charge is 2.17. The van der Waals surface area contributed by atoms with Gasteiger partial charge in [-0.25, -0.2) is 0 Å². The largest absolute Gasteiger partial charge is 0.397 e. The van der Waals surface area contributed by atoms with Gasteiger partial charge in [0.1, 0.15) is 4.88 Å². The van der Waals surface area contributed by atoms with Crippen LogP contribution in [-0.4, -0.2) is 11.1 Å². The van der Waals surface area contributed by atoms with Gasteiger partial charge in [0, 0.05) is 16.2 Å². The molecule has 21 heavy (non-hydrogen) atoms. The van der Waals surface area contributed by atoms with Gasteiger partial charge in [-0.1, -0.05) is 23.4 Å². The summed E-state index contributed by atoms with van der Waals surface area (Å²) in [5.41, 5.74) is 8.54. The summed E-state index contributed by atoms with van der Waals surface area (Å²) in [5.74, 6) is 0.430. The van der Waals surface area contributed by atoms with Crippen LogP contribution in [0.5, 0.6) is 0 Å². The van der Waals surface area contributed by atoms with Crippen LogP contribution in [0, 0.1) is 13.8 Å². The lowest BCUT2D eigenvalue weighted by Crippen LogP contribution is -2.22. The third-order valence-electron chi connectivity index (χ3n) is 3.26. The van der Waals surface area contributed by atoms with E-state index in [0.717, 1.165) is 21.3 Å². The minimum Gasteiger partial charge on any atom is -0.397 e. The van der Waals surface area contributed by atoms with Gasteiger partial charge in [-0.05, 0) is 19.4 Å². The zero-order chi connectivity index (χ0) is 15.0. The third kappa shape index (κ3) is 2.50. The first-order chi connectivity index (χ1) is 10.1. The standard InChI is InChI=1S/C15H15N3O2S/c1-8-4-3-5-11-12(16)14(21-13(8)11)15(19)17-7-10-6-9(2)18-20-10/h3-6H,7,16H2,1-2H3,(H,17,19). The Labute approximate surface area is 125 Å². The maximum Gasteiger partial charge on any atom is 0.263 e. The molecule has 0 aliphatic rings. The second-order valence-electron chi connectivity index (χ2n) is 4.91. The number of hydrogen-bond donors (Lipinski definition) is 2. The number of carbonyl (C=O) groups is 1. The average molecular weight is 301 g/mol. The summed E-state index contributed by atoms with van der Waals surface area (Å²) in [4.78, 5) is 12.8. The molecule has 108 valence electrons. The Morgan fingerprint density at radius 1 is 1.43 bits per heavy atom. The number of amides is 1. The molecule has 2 aromatic heterocycles. The molecule has 5 nitrogen and oxygen atoms in total. The Morgan fingerprint density at radius 2 is 2.24 bits per heavy atom. The van der Waals surface area contributed by atoms with Gasteiger partial charge in [0.15, 0.2) is 5.76 Å². The van der Waals surface area contributed by atoms with E-state index in [-0.39, 0.29) is 5.91 Å². The first-order valence-corrected chi connectivity index (χ1v) is 7.36. The van der Waals surface area contributed by atoms with Crippen LogP contribution in [0.15, 0.2) is 28.8 Å².